The fraction of sp³-hybridized carbons (Fsp3) is 0. The van der Waals surface area contributed by atoms with Crippen LogP contribution in [0.15, 0.2) is 54.9 Å². The van der Waals surface area contributed by atoms with Gasteiger partial charge in [0, 0.05) is 18.5 Å². The standard InChI is InChI=1S/C16H11F2N5O/c17-11-3-4-13(12(18)8-11)20-14-5-6-15(23-22-14)21-16(24)10-2-1-7-19-9-10/h1-9H,(H,20,22)(H,21,23,24). The molecule has 1 aromatic carbocycles. The first-order valence-corrected chi connectivity index (χ1v) is 6.89. The lowest BCUT2D eigenvalue weighted by atomic mass is 10.2. The molecule has 3 aromatic rings. The number of aromatic nitrogens is 3. The minimum atomic E-state index is -0.745. The van der Waals surface area contributed by atoms with E-state index in [2.05, 4.69) is 25.8 Å². The number of anilines is 3. The third-order valence-corrected chi connectivity index (χ3v) is 3.02. The molecule has 0 saturated carbocycles. The Hall–Kier alpha value is -3.42. The number of hydrogen-bond acceptors (Lipinski definition) is 5. The molecule has 0 radical (unpaired) electrons. The molecule has 2 aromatic heterocycles. The normalized spacial score (nSPS) is 10.2. The van der Waals surface area contributed by atoms with Crippen LogP contribution >= 0.6 is 0 Å². The van der Waals surface area contributed by atoms with E-state index in [0.29, 0.717) is 5.56 Å². The molecule has 0 aliphatic carbocycles. The topological polar surface area (TPSA) is 79.8 Å². The molecule has 0 spiro atoms. The van der Waals surface area contributed by atoms with E-state index < -0.39 is 11.6 Å². The van der Waals surface area contributed by atoms with Gasteiger partial charge in [-0.3, -0.25) is 9.78 Å². The van der Waals surface area contributed by atoms with E-state index in [1.165, 1.54) is 24.4 Å². The first-order chi connectivity index (χ1) is 11.6. The molecule has 0 unspecified atom stereocenters. The molecular formula is C16H11F2N5O. The molecule has 120 valence electrons. The van der Waals surface area contributed by atoms with E-state index in [1.54, 1.807) is 18.3 Å². The van der Waals surface area contributed by atoms with Crippen molar-refractivity contribution in [2.24, 2.45) is 0 Å². The van der Waals surface area contributed by atoms with Crippen molar-refractivity contribution in [1.82, 2.24) is 15.2 Å². The van der Waals surface area contributed by atoms with Gasteiger partial charge in [0.25, 0.3) is 5.91 Å². The fourth-order valence-electron chi connectivity index (χ4n) is 1.88. The van der Waals surface area contributed by atoms with Crippen LogP contribution in [0.1, 0.15) is 10.4 Å². The van der Waals surface area contributed by atoms with Gasteiger partial charge in [-0.15, -0.1) is 10.2 Å². The molecule has 0 bridgehead atoms. The molecule has 0 aliphatic heterocycles. The van der Waals surface area contributed by atoms with Crippen molar-refractivity contribution in [2.75, 3.05) is 10.6 Å². The number of halogens is 2. The van der Waals surface area contributed by atoms with Gasteiger partial charge in [-0.2, -0.15) is 0 Å². The average Bonchev–Trinajstić information content (AvgIpc) is 2.60. The molecular weight excluding hydrogens is 316 g/mol. The molecule has 0 aliphatic rings. The van der Waals surface area contributed by atoms with Crippen LogP contribution in [0.25, 0.3) is 0 Å². The van der Waals surface area contributed by atoms with Crippen LogP contribution < -0.4 is 10.6 Å². The largest absolute Gasteiger partial charge is 0.336 e. The van der Waals surface area contributed by atoms with Crippen LogP contribution in [0.5, 0.6) is 0 Å². The summed E-state index contributed by atoms with van der Waals surface area (Å²) in [6.45, 7) is 0. The number of pyridine rings is 1. The maximum Gasteiger partial charge on any atom is 0.258 e. The summed E-state index contributed by atoms with van der Waals surface area (Å²) in [4.78, 5) is 15.8. The summed E-state index contributed by atoms with van der Waals surface area (Å²) in [5.74, 6) is -1.31. The fourth-order valence-corrected chi connectivity index (χ4v) is 1.88. The van der Waals surface area contributed by atoms with E-state index in [1.807, 2.05) is 0 Å². The van der Waals surface area contributed by atoms with Crippen LogP contribution in [0.2, 0.25) is 0 Å². The third-order valence-electron chi connectivity index (χ3n) is 3.02. The van der Waals surface area contributed by atoms with Crippen molar-refractivity contribution in [2.45, 2.75) is 0 Å². The molecule has 2 heterocycles. The summed E-state index contributed by atoms with van der Waals surface area (Å²) in [5.41, 5.74) is 0.452. The molecule has 0 atom stereocenters. The van der Waals surface area contributed by atoms with Gasteiger partial charge < -0.3 is 10.6 Å². The number of amides is 1. The Morgan fingerprint density at radius 3 is 2.46 bits per heavy atom. The number of rotatable bonds is 4. The summed E-state index contributed by atoms with van der Waals surface area (Å²) in [6.07, 6.45) is 2.99. The Kier molecular flexibility index (Phi) is 4.37. The molecule has 0 fully saturated rings. The molecule has 8 heteroatoms. The summed E-state index contributed by atoms with van der Waals surface area (Å²) >= 11 is 0. The van der Waals surface area contributed by atoms with Crippen LogP contribution in [0.3, 0.4) is 0 Å². The van der Waals surface area contributed by atoms with Crippen LogP contribution in [-0.4, -0.2) is 21.1 Å². The van der Waals surface area contributed by atoms with E-state index in [4.69, 9.17) is 0 Å². The predicted molar refractivity (Wildman–Crippen MR) is 83.9 cm³/mol. The summed E-state index contributed by atoms with van der Waals surface area (Å²) in [6, 6.07) is 9.41. The highest BCUT2D eigenvalue weighted by atomic mass is 19.1. The zero-order chi connectivity index (χ0) is 16.9. The number of nitrogens with one attached hydrogen (secondary N) is 2. The van der Waals surface area contributed by atoms with Crippen LogP contribution in [-0.2, 0) is 0 Å². The van der Waals surface area contributed by atoms with Gasteiger partial charge in [-0.1, -0.05) is 0 Å². The summed E-state index contributed by atoms with van der Waals surface area (Å²) < 4.78 is 26.4. The maximum absolute atomic E-state index is 13.6. The highest BCUT2D eigenvalue weighted by molar-refractivity contribution is 6.03. The maximum atomic E-state index is 13.6. The Morgan fingerprint density at radius 1 is 1.00 bits per heavy atom. The van der Waals surface area contributed by atoms with E-state index in [9.17, 15) is 13.6 Å². The van der Waals surface area contributed by atoms with E-state index in [-0.39, 0.29) is 23.2 Å². The first kappa shape index (κ1) is 15.5. The Labute approximate surface area is 135 Å². The first-order valence-electron chi connectivity index (χ1n) is 6.89. The lowest BCUT2D eigenvalue weighted by Crippen LogP contribution is -2.13. The van der Waals surface area contributed by atoms with Crippen molar-refractivity contribution >= 4 is 23.2 Å². The van der Waals surface area contributed by atoms with Gasteiger partial charge in [0.15, 0.2) is 11.6 Å². The quantitative estimate of drug-likeness (QED) is 0.769. The van der Waals surface area contributed by atoms with E-state index in [0.717, 1.165) is 12.1 Å². The highest BCUT2D eigenvalue weighted by Crippen LogP contribution is 2.19. The van der Waals surface area contributed by atoms with Gasteiger partial charge >= 0.3 is 0 Å². The number of nitrogens with zero attached hydrogens (tertiary/aromatic N) is 3. The number of benzene rings is 1. The molecule has 24 heavy (non-hydrogen) atoms. The van der Waals surface area contributed by atoms with Crippen molar-refractivity contribution in [3.8, 4) is 0 Å². The van der Waals surface area contributed by atoms with Crippen molar-refractivity contribution in [3.63, 3.8) is 0 Å². The lowest BCUT2D eigenvalue weighted by molar-refractivity contribution is 0.102. The monoisotopic (exact) mass is 327 g/mol. The lowest BCUT2D eigenvalue weighted by Gasteiger charge is -2.07. The summed E-state index contributed by atoms with van der Waals surface area (Å²) in [5, 5.41) is 12.9. The molecule has 3 rings (SSSR count). The molecule has 0 saturated heterocycles. The van der Waals surface area contributed by atoms with Crippen molar-refractivity contribution in [3.05, 3.63) is 72.1 Å². The molecule has 2 N–H and O–H groups in total. The Morgan fingerprint density at radius 2 is 1.79 bits per heavy atom. The molecule has 6 nitrogen and oxygen atoms in total. The third kappa shape index (κ3) is 3.67. The van der Waals surface area contributed by atoms with E-state index >= 15 is 0 Å². The van der Waals surface area contributed by atoms with Gasteiger partial charge in [0.1, 0.15) is 11.6 Å². The number of hydrogen-bond donors (Lipinski definition) is 2. The van der Waals surface area contributed by atoms with Crippen molar-refractivity contribution in [1.29, 1.82) is 0 Å². The van der Waals surface area contributed by atoms with Crippen LogP contribution in [0, 0.1) is 11.6 Å². The zero-order valence-corrected chi connectivity index (χ0v) is 12.2. The molecule has 1 amide bonds. The van der Waals surface area contributed by atoms with Crippen molar-refractivity contribution < 1.29 is 13.6 Å². The predicted octanol–water partition coefficient (Wildman–Crippen LogP) is 3.15. The second-order valence-corrected chi connectivity index (χ2v) is 4.75. The second-order valence-electron chi connectivity index (χ2n) is 4.75. The van der Waals surface area contributed by atoms with Gasteiger partial charge in [-0.05, 0) is 36.4 Å². The number of carbonyl (C=O) groups is 1. The second kappa shape index (κ2) is 6.78. The summed E-state index contributed by atoms with van der Waals surface area (Å²) in [7, 11) is 0. The Bertz CT molecular complexity index is 856. The zero-order valence-electron chi connectivity index (χ0n) is 12.2. The highest BCUT2D eigenvalue weighted by Gasteiger charge is 2.08. The smallest absolute Gasteiger partial charge is 0.258 e. The minimum Gasteiger partial charge on any atom is -0.336 e. The Balaban J connectivity index is 1.68. The van der Waals surface area contributed by atoms with Gasteiger partial charge in [-0.25, -0.2) is 8.78 Å². The van der Waals surface area contributed by atoms with Gasteiger partial charge in [0.2, 0.25) is 0 Å². The van der Waals surface area contributed by atoms with Gasteiger partial charge in [0.05, 0.1) is 11.3 Å². The number of carbonyl (C=O) groups excluding carboxylic acids is 1. The SMILES string of the molecule is O=C(Nc1ccc(Nc2ccc(F)cc2F)nn1)c1cccnc1. The average molecular weight is 327 g/mol. The minimum absolute atomic E-state index is 0.0674. The van der Waals surface area contributed by atoms with Crippen LogP contribution in [0.4, 0.5) is 26.1 Å².